The molecule has 1 atom stereocenters. The third kappa shape index (κ3) is 4.34. The van der Waals surface area contributed by atoms with Crippen LogP contribution in [0.1, 0.15) is 30.4 Å². The number of nitrogens with zero attached hydrogens (tertiary/aromatic N) is 2. The Labute approximate surface area is 188 Å². The number of ether oxygens (including phenoxy) is 1. The van der Waals surface area contributed by atoms with Crippen LogP contribution >= 0.6 is 0 Å². The Bertz CT molecular complexity index is 1160. The Kier molecular flexibility index (Phi) is 6.19. The molecule has 2 heterocycles. The molecule has 0 aliphatic carbocycles. The van der Waals surface area contributed by atoms with E-state index < -0.39 is 21.5 Å². The van der Waals surface area contributed by atoms with E-state index >= 15 is 0 Å². The standard InChI is InChI=1S/C24H27N3O4S/c1-27-16-21-14-20(6-7-22(21)32(27,29)30)19-4-2-17(3-5-19)12-18(15-25)13-23(28)24(26)8-10-31-11-9-24/h2-7,14,18H,8-13,16,26H2,1H3/t18-/m1/s1. The molecule has 2 aliphatic rings. The molecule has 0 spiro atoms. The van der Waals surface area contributed by atoms with Crippen molar-refractivity contribution in [1.29, 1.82) is 5.26 Å². The fourth-order valence-electron chi connectivity index (χ4n) is 4.35. The number of carbonyl (C=O) groups is 1. The van der Waals surface area contributed by atoms with Gasteiger partial charge in [0.05, 0.1) is 22.4 Å². The predicted octanol–water partition coefficient (Wildman–Crippen LogP) is 2.64. The Morgan fingerprint density at radius 1 is 1.19 bits per heavy atom. The lowest BCUT2D eigenvalue weighted by atomic mass is 9.81. The van der Waals surface area contributed by atoms with Gasteiger partial charge in [0.25, 0.3) is 0 Å². The van der Waals surface area contributed by atoms with E-state index in [0.717, 1.165) is 22.3 Å². The largest absolute Gasteiger partial charge is 0.381 e. The normalized spacial score (nSPS) is 20.3. The number of benzene rings is 2. The summed E-state index contributed by atoms with van der Waals surface area (Å²) < 4.78 is 31.2. The summed E-state index contributed by atoms with van der Waals surface area (Å²) in [6.07, 6.45) is 1.61. The summed E-state index contributed by atoms with van der Waals surface area (Å²) in [6.45, 7) is 1.33. The minimum absolute atomic E-state index is 0.0676. The molecule has 0 unspecified atom stereocenters. The second-order valence-corrected chi connectivity index (χ2v) is 10.7. The number of carbonyl (C=O) groups excluding carboxylic acids is 1. The van der Waals surface area contributed by atoms with E-state index in [-0.39, 0.29) is 12.2 Å². The SMILES string of the molecule is CN1Cc2cc(-c3ccc(C[C@@H](C#N)CC(=O)C4(N)CCOCC4)cc3)ccc2S1(=O)=O. The van der Waals surface area contributed by atoms with Gasteiger partial charge in [-0.05, 0) is 53.6 Å². The van der Waals surface area contributed by atoms with Crippen LogP contribution in [0.15, 0.2) is 47.4 Å². The molecule has 2 aromatic rings. The molecule has 168 valence electrons. The maximum absolute atomic E-state index is 12.7. The zero-order valence-corrected chi connectivity index (χ0v) is 18.9. The second-order valence-electron chi connectivity index (χ2n) is 8.71. The molecular formula is C24H27N3O4S. The van der Waals surface area contributed by atoms with Gasteiger partial charge in [0.1, 0.15) is 0 Å². The van der Waals surface area contributed by atoms with Crippen molar-refractivity contribution in [3.63, 3.8) is 0 Å². The van der Waals surface area contributed by atoms with Crippen LogP contribution in [-0.4, -0.2) is 44.3 Å². The highest BCUT2D eigenvalue weighted by molar-refractivity contribution is 7.89. The van der Waals surface area contributed by atoms with Crippen molar-refractivity contribution in [2.75, 3.05) is 20.3 Å². The summed E-state index contributed by atoms with van der Waals surface area (Å²) in [4.78, 5) is 13.1. The molecule has 2 aromatic carbocycles. The van der Waals surface area contributed by atoms with Crippen molar-refractivity contribution in [3.8, 4) is 17.2 Å². The highest BCUT2D eigenvalue weighted by Crippen LogP contribution is 2.33. The first-order chi connectivity index (χ1) is 15.2. The molecule has 32 heavy (non-hydrogen) atoms. The van der Waals surface area contributed by atoms with Crippen LogP contribution in [0.25, 0.3) is 11.1 Å². The van der Waals surface area contributed by atoms with Crippen LogP contribution in [0.3, 0.4) is 0 Å². The van der Waals surface area contributed by atoms with E-state index in [4.69, 9.17) is 10.5 Å². The minimum atomic E-state index is -3.37. The third-order valence-electron chi connectivity index (χ3n) is 6.47. The number of fused-ring (bicyclic) bond motifs is 1. The average molecular weight is 454 g/mol. The Hall–Kier alpha value is -2.57. The molecule has 0 radical (unpaired) electrons. The summed E-state index contributed by atoms with van der Waals surface area (Å²) in [5, 5.41) is 9.58. The number of hydrogen-bond donors (Lipinski definition) is 1. The highest BCUT2D eigenvalue weighted by Gasteiger charge is 2.36. The van der Waals surface area contributed by atoms with Crippen LogP contribution in [0.5, 0.6) is 0 Å². The van der Waals surface area contributed by atoms with E-state index in [1.807, 2.05) is 36.4 Å². The summed E-state index contributed by atoms with van der Waals surface area (Å²) in [6, 6.07) is 15.5. The van der Waals surface area contributed by atoms with Crippen LogP contribution in [0.2, 0.25) is 0 Å². The van der Waals surface area contributed by atoms with E-state index in [0.29, 0.717) is 43.9 Å². The van der Waals surface area contributed by atoms with Crippen LogP contribution in [0, 0.1) is 17.2 Å². The smallest absolute Gasteiger partial charge is 0.243 e. The van der Waals surface area contributed by atoms with Crippen molar-refractivity contribution < 1.29 is 17.9 Å². The van der Waals surface area contributed by atoms with Gasteiger partial charge in [-0.2, -0.15) is 9.57 Å². The monoisotopic (exact) mass is 453 g/mol. The van der Waals surface area contributed by atoms with Gasteiger partial charge >= 0.3 is 0 Å². The second kappa shape index (κ2) is 8.75. The quantitative estimate of drug-likeness (QED) is 0.719. The molecule has 0 aromatic heterocycles. The third-order valence-corrected chi connectivity index (χ3v) is 8.37. The fraction of sp³-hybridized carbons (Fsp3) is 0.417. The molecule has 7 nitrogen and oxygen atoms in total. The molecule has 1 saturated heterocycles. The maximum Gasteiger partial charge on any atom is 0.243 e. The van der Waals surface area contributed by atoms with Gasteiger partial charge in [0.2, 0.25) is 10.0 Å². The van der Waals surface area contributed by atoms with Crippen molar-refractivity contribution in [1.82, 2.24) is 4.31 Å². The topological polar surface area (TPSA) is 113 Å². The number of nitriles is 1. The van der Waals surface area contributed by atoms with Gasteiger partial charge in [0, 0.05) is 33.2 Å². The summed E-state index contributed by atoms with van der Waals surface area (Å²) in [5.41, 5.74) is 9.06. The van der Waals surface area contributed by atoms with Gasteiger partial charge in [-0.25, -0.2) is 8.42 Å². The summed E-state index contributed by atoms with van der Waals surface area (Å²) in [7, 11) is -1.79. The first-order valence-corrected chi connectivity index (χ1v) is 12.1. The highest BCUT2D eigenvalue weighted by atomic mass is 32.2. The Morgan fingerprint density at radius 3 is 2.50 bits per heavy atom. The number of rotatable bonds is 6. The zero-order chi connectivity index (χ0) is 22.9. The lowest BCUT2D eigenvalue weighted by Gasteiger charge is -2.32. The van der Waals surface area contributed by atoms with Crippen LogP contribution in [-0.2, 0) is 32.5 Å². The Balaban J connectivity index is 1.44. The predicted molar refractivity (Wildman–Crippen MR) is 120 cm³/mol. The molecule has 0 bridgehead atoms. The van der Waals surface area contributed by atoms with Gasteiger partial charge < -0.3 is 10.5 Å². The van der Waals surface area contributed by atoms with E-state index in [1.54, 1.807) is 13.1 Å². The van der Waals surface area contributed by atoms with Crippen molar-refractivity contribution >= 4 is 15.8 Å². The number of ketones is 1. The summed E-state index contributed by atoms with van der Waals surface area (Å²) >= 11 is 0. The van der Waals surface area contributed by atoms with Gasteiger partial charge in [-0.15, -0.1) is 0 Å². The molecule has 8 heteroatoms. The lowest BCUT2D eigenvalue weighted by molar-refractivity contribution is -0.128. The zero-order valence-electron chi connectivity index (χ0n) is 18.1. The van der Waals surface area contributed by atoms with Gasteiger partial charge in [-0.1, -0.05) is 30.3 Å². The number of sulfonamides is 1. The minimum Gasteiger partial charge on any atom is -0.381 e. The van der Waals surface area contributed by atoms with E-state index in [1.165, 1.54) is 4.31 Å². The fourth-order valence-corrected chi connectivity index (χ4v) is 5.69. The number of Topliss-reactive ketones (excluding diaryl/α,β-unsaturated/α-hetero) is 1. The van der Waals surface area contributed by atoms with Crippen molar-refractivity contribution in [3.05, 3.63) is 53.6 Å². The molecule has 4 rings (SSSR count). The van der Waals surface area contributed by atoms with Crippen LogP contribution in [0.4, 0.5) is 0 Å². The van der Waals surface area contributed by atoms with E-state index in [9.17, 15) is 18.5 Å². The molecule has 2 N–H and O–H groups in total. The van der Waals surface area contributed by atoms with Crippen molar-refractivity contribution in [2.45, 2.75) is 42.7 Å². The van der Waals surface area contributed by atoms with E-state index in [2.05, 4.69) is 6.07 Å². The maximum atomic E-state index is 12.7. The van der Waals surface area contributed by atoms with Crippen molar-refractivity contribution in [2.24, 2.45) is 11.7 Å². The molecular weight excluding hydrogens is 426 g/mol. The first kappa shape index (κ1) is 22.6. The Morgan fingerprint density at radius 2 is 1.84 bits per heavy atom. The average Bonchev–Trinajstić information content (AvgIpc) is 3.01. The van der Waals surface area contributed by atoms with Crippen LogP contribution < -0.4 is 5.73 Å². The molecule has 1 fully saturated rings. The number of hydrogen-bond acceptors (Lipinski definition) is 6. The first-order valence-electron chi connectivity index (χ1n) is 10.7. The van der Waals surface area contributed by atoms with Gasteiger partial charge in [-0.3, -0.25) is 4.79 Å². The van der Waals surface area contributed by atoms with Gasteiger partial charge in [0.15, 0.2) is 5.78 Å². The molecule has 0 amide bonds. The molecule has 2 aliphatic heterocycles. The molecule has 0 saturated carbocycles. The lowest BCUT2D eigenvalue weighted by Crippen LogP contribution is -2.52. The number of nitrogens with two attached hydrogens (primary N) is 1. The summed E-state index contributed by atoms with van der Waals surface area (Å²) in [5.74, 6) is -0.501.